The van der Waals surface area contributed by atoms with Gasteiger partial charge in [-0.1, -0.05) is 18.2 Å². The van der Waals surface area contributed by atoms with Gasteiger partial charge in [0.15, 0.2) is 11.5 Å². The topological polar surface area (TPSA) is 80.4 Å². The molecule has 1 aromatic heterocycles. The third-order valence-electron chi connectivity index (χ3n) is 4.24. The van der Waals surface area contributed by atoms with Gasteiger partial charge in [-0.25, -0.2) is 0 Å². The Bertz CT molecular complexity index is 1050. The third-order valence-corrected chi connectivity index (χ3v) is 4.24. The fourth-order valence-corrected chi connectivity index (χ4v) is 3.17. The number of hydrogen-bond acceptors (Lipinski definition) is 4. The van der Waals surface area contributed by atoms with E-state index in [2.05, 4.69) is 10.3 Å². The number of ether oxygens (including phenoxy) is 2. The first-order chi connectivity index (χ1) is 12.3. The van der Waals surface area contributed by atoms with Crippen molar-refractivity contribution in [1.82, 2.24) is 4.98 Å². The first-order valence-corrected chi connectivity index (χ1v) is 8.29. The van der Waals surface area contributed by atoms with Gasteiger partial charge in [-0.2, -0.15) is 0 Å². The molecule has 0 saturated carbocycles. The standard InChI is InChI=1S/C20H18N2O4/c1-11-17(13-6-4-5-7-14(13)21-11)18(23)19(24)22-12-8-9-15-16(10-12)26-20(2,3)25-15/h4-10,21H,1-3H3,(H,22,24). The van der Waals surface area contributed by atoms with E-state index >= 15 is 0 Å². The summed E-state index contributed by atoms with van der Waals surface area (Å²) in [5, 5.41) is 3.37. The zero-order valence-electron chi connectivity index (χ0n) is 14.7. The maximum atomic E-state index is 12.7. The van der Waals surface area contributed by atoms with Crippen LogP contribution in [0.2, 0.25) is 0 Å². The number of aromatic nitrogens is 1. The van der Waals surface area contributed by atoms with Crippen LogP contribution in [0.25, 0.3) is 10.9 Å². The number of benzene rings is 2. The molecule has 6 heteroatoms. The van der Waals surface area contributed by atoms with E-state index in [-0.39, 0.29) is 0 Å². The maximum absolute atomic E-state index is 12.7. The zero-order valence-corrected chi connectivity index (χ0v) is 14.7. The van der Waals surface area contributed by atoms with Crippen molar-refractivity contribution < 1.29 is 19.1 Å². The van der Waals surface area contributed by atoms with Crippen molar-refractivity contribution in [3.63, 3.8) is 0 Å². The molecule has 0 radical (unpaired) electrons. The fraction of sp³-hybridized carbons (Fsp3) is 0.200. The Balaban J connectivity index is 1.59. The lowest BCUT2D eigenvalue weighted by Crippen LogP contribution is -2.29. The van der Waals surface area contributed by atoms with Crippen molar-refractivity contribution in [1.29, 1.82) is 0 Å². The second-order valence-corrected chi connectivity index (χ2v) is 6.72. The molecular formula is C20H18N2O4. The minimum absolute atomic E-state index is 0.389. The Morgan fingerprint density at radius 1 is 1.04 bits per heavy atom. The van der Waals surface area contributed by atoms with Gasteiger partial charge in [-0.05, 0) is 25.1 Å². The van der Waals surface area contributed by atoms with Crippen LogP contribution >= 0.6 is 0 Å². The summed E-state index contributed by atoms with van der Waals surface area (Å²) in [6.07, 6.45) is 0. The van der Waals surface area contributed by atoms with Crippen LogP contribution in [0, 0.1) is 6.92 Å². The summed E-state index contributed by atoms with van der Waals surface area (Å²) in [5.74, 6) is -0.897. The van der Waals surface area contributed by atoms with Crippen molar-refractivity contribution in [3.8, 4) is 11.5 Å². The Labute approximate surface area is 150 Å². The van der Waals surface area contributed by atoms with Gasteiger partial charge in [-0.15, -0.1) is 0 Å². The van der Waals surface area contributed by atoms with Crippen molar-refractivity contribution in [2.45, 2.75) is 26.6 Å². The van der Waals surface area contributed by atoms with Crippen LogP contribution in [0.5, 0.6) is 11.5 Å². The lowest BCUT2D eigenvalue weighted by Gasteiger charge is -2.16. The van der Waals surface area contributed by atoms with E-state index in [1.165, 1.54) is 0 Å². The predicted molar refractivity (Wildman–Crippen MR) is 97.8 cm³/mol. The van der Waals surface area contributed by atoms with Crippen molar-refractivity contribution in [2.24, 2.45) is 0 Å². The van der Waals surface area contributed by atoms with Crippen LogP contribution in [0.15, 0.2) is 42.5 Å². The van der Waals surface area contributed by atoms with E-state index in [9.17, 15) is 9.59 Å². The van der Waals surface area contributed by atoms with Crippen LogP contribution in [0.3, 0.4) is 0 Å². The number of fused-ring (bicyclic) bond motifs is 2. The highest BCUT2D eigenvalue weighted by Crippen LogP contribution is 2.40. The minimum atomic E-state index is -0.748. The van der Waals surface area contributed by atoms with Crippen molar-refractivity contribution >= 4 is 28.3 Å². The Kier molecular flexibility index (Phi) is 3.50. The minimum Gasteiger partial charge on any atom is -0.449 e. The smallest absolute Gasteiger partial charge is 0.296 e. The molecule has 0 fully saturated rings. The lowest BCUT2D eigenvalue weighted by atomic mass is 10.1. The molecule has 0 aliphatic carbocycles. The molecule has 2 aromatic carbocycles. The molecule has 4 rings (SSSR count). The SMILES string of the molecule is Cc1[nH]c2ccccc2c1C(=O)C(=O)Nc1ccc2c(c1)OC(C)(C)O2. The maximum Gasteiger partial charge on any atom is 0.296 e. The first-order valence-electron chi connectivity index (χ1n) is 8.29. The molecule has 2 N–H and O–H groups in total. The largest absolute Gasteiger partial charge is 0.449 e. The molecular weight excluding hydrogens is 332 g/mol. The molecule has 0 bridgehead atoms. The number of rotatable bonds is 3. The normalized spacial score (nSPS) is 14.4. The van der Waals surface area contributed by atoms with Gasteiger partial charge in [0.2, 0.25) is 5.79 Å². The summed E-state index contributed by atoms with van der Waals surface area (Å²) in [4.78, 5) is 28.3. The zero-order chi connectivity index (χ0) is 18.5. The van der Waals surface area contributed by atoms with Crippen LogP contribution in [0.1, 0.15) is 29.9 Å². The molecule has 0 saturated heterocycles. The molecule has 1 amide bonds. The number of carbonyl (C=O) groups is 2. The summed E-state index contributed by atoms with van der Waals surface area (Å²) in [7, 11) is 0. The van der Waals surface area contributed by atoms with Crippen molar-refractivity contribution in [2.75, 3.05) is 5.32 Å². The summed E-state index contributed by atoms with van der Waals surface area (Å²) in [6, 6.07) is 12.4. The summed E-state index contributed by atoms with van der Waals surface area (Å²) in [5.41, 5.74) is 2.35. The van der Waals surface area contributed by atoms with Gasteiger partial charge in [0.25, 0.3) is 11.7 Å². The highest BCUT2D eigenvalue weighted by Gasteiger charge is 2.32. The van der Waals surface area contributed by atoms with Crippen LogP contribution < -0.4 is 14.8 Å². The number of carbonyl (C=O) groups excluding carboxylic acids is 2. The lowest BCUT2D eigenvalue weighted by molar-refractivity contribution is -0.112. The number of nitrogens with one attached hydrogen (secondary N) is 2. The number of para-hydroxylation sites is 1. The summed E-state index contributed by atoms with van der Waals surface area (Å²) in [6.45, 7) is 5.38. The molecule has 1 aliphatic rings. The fourth-order valence-electron chi connectivity index (χ4n) is 3.17. The van der Waals surface area contributed by atoms with E-state index in [1.807, 2.05) is 24.3 Å². The van der Waals surface area contributed by atoms with Crippen molar-refractivity contribution in [3.05, 3.63) is 53.7 Å². The van der Waals surface area contributed by atoms with Gasteiger partial charge in [0, 0.05) is 42.2 Å². The Hall–Kier alpha value is -3.28. The molecule has 0 spiro atoms. The first kappa shape index (κ1) is 16.2. The van der Waals surface area contributed by atoms with Crippen LogP contribution in [-0.2, 0) is 4.79 Å². The molecule has 0 unspecified atom stereocenters. The molecule has 3 aromatic rings. The molecule has 1 aliphatic heterocycles. The van der Waals surface area contributed by atoms with Gasteiger partial charge in [0.1, 0.15) is 0 Å². The molecule has 6 nitrogen and oxygen atoms in total. The van der Waals surface area contributed by atoms with Gasteiger partial charge < -0.3 is 19.8 Å². The highest BCUT2D eigenvalue weighted by atomic mass is 16.7. The molecule has 0 atom stereocenters. The van der Waals surface area contributed by atoms with Crippen LogP contribution in [0.4, 0.5) is 5.69 Å². The molecule has 2 heterocycles. The van der Waals surface area contributed by atoms with Gasteiger partial charge >= 0.3 is 0 Å². The van der Waals surface area contributed by atoms with E-state index in [4.69, 9.17) is 9.47 Å². The monoisotopic (exact) mass is 350 g/mol. The summed E-state index contributed by atoms with van der Waals surface area (Å²) < 4.78 is 11.3. The quantitative estimate of drug-likeness (QED) is 0.556. The van der Waals surface area contributed by atoms with E-state index in [0.717, 1.165) is 10.9 Å². The summed E-state index contributed by atoms with van der Waals surface area (Å²) >= 11 is 0. The van der Waals surface area contributed by atoms with E-state index in [1.54, 1.807) is 39.0 Å². The Morgan fingerprint density at radius 3 is 2.58 bits per heavy atom. The number of amides is 1. The molecule has 26 heavy (non-hydrogen) atoms. The van der Waals surface area contributed by atoms with Gasteiger partial charge in [-0.3, -0.25) is 9.59 Å². The second kappa shape index (κ2) is 5.62. The number of ketones is 1. The number of H-pyrrole nitrogens is 1. The average molecular weight is 350 g/mol. The second-order valence-electron chi connectivity index (χ2n) is 6.72. The number of aryl methyl sites for hydroxylation is 1. The van der Waals surface area contributed by atoms with Crippen LogP contribution in [-0.4, -0.2) is 22.5 Å². The number of Topliss-reactive ketones (excluding diaryl/α,β-unsaturated/α-hetero) is 1. The number of aromatic amines is 1. The van der Waals surface area contributed by atoms with Gasteiger partial charge in [0.05, 0.1) is 5.56 Å². The molecule has 132 valence electrons. The highest BCUT2D eigenvalue weighted by molar-refractivity contribution is 6.48. The number of anilines is 1. The number of hydrogen-bond donors (Lipinski definition) is 2. The average Bonchev–Trinajstić information content (AvgIpc) is 3.07. The van der Waals surface area contributed by atoms with E-state index in [0.29, 0.717) is 28.4 Å². The third kappa shape index (κ3) is 2.69. The Morgan fingerprint density at radius 2 is 1.77 bits per heavy atom. The predicted octanol–water partition coefficient (Wildman–Crippen LogP) is 3.81. The van der Waals surface area contributed by atoms with E-state index < -0.39 is 17.5 Å².